The van der Waals surface area contributed by atoms with Crippen LogP contribution in [0.5, 0.6) is 0 Å². The third-order valence-electron chi connectivity index (χ3n) is 4.74. The van der Waals surface area contributed by atoms with Crippen LogP contribution in [-0.4, -0.2) is 42.5 Å². The molecule has 0 radical (unpaired) electrons. The molecule has 0 aliphatic carbocycles. The molecule has 7 nitrogen and oxygen atoms in total. The molecule has 0 unspecified atom stereocenters. The van der Waals surface area contributed by atoms with Crippen molar-refractivity contribution in [2.24, 2.45) is 0 Å². The number of aromatic nitrogens is 2. The topological polar surface area (TPSA) is 95.2 Å². The molecule has 0 bridgehead atoms. The smallest absolute Gasteiger partial charge is 0.263 e. The van der Waals surface area contributed by atoms with E-state index in [9.17, 15) is 13.2 Å². The molecule has 1 aromatic heterocycles. The van der Waals surface area contributed by atoms with E-state index in [1.165, 1.54) is 12.1 Å². The number of hydrogen-bond acceptors (Lipinski definition) is 4. The number of nitrogens with zero attached hydrogens (tertiary/aromatic N) is 2. The van der Waals surface area contributed by atoms with Crippen molar-refractivity contribution in [1.29, 1.82) is 0 Å². The predicted octanol–water partition coefficient (Wildman–Crippen LogP) is 2.99. The Morgan fingerprint density at radius 2 is 1.78 bits per heavy atom. The highest BCUT2D eigenvalue weighted by atomic mass is 32.2. The molecule has 140 valence electrons. The van der Waals surface area contributed by atoms with Gasteiger partial charge in [-0.2, -0.15) is 5.10 Å². The number of rotatable bonds is 4. The second kappa shape index (κ2) is 7.03. The van der Waals surface area contributed by atoms with Gasteiger partial charge in [-0.25, -0.2) is 8.42 Å². The van der Waals surface area contributed by atoms with Crippen molar-refractivity contribution in [3.05, 3.63) is 54.1 Å². The normalized spacial score (nSPS) is 15.0. The molecule has 4 rings (SSSR count). The third-order valence-corrected chi connectivity index (χ3v) is 6.09. The Balaban J connectivity index is 1.65. The first-order valence-corrected chi connectivity index (χ1v) is 10.4. The van der Waals surface area contributed by atoms with Crippen LogP contribution in [0.15, 0.2) is 53.4 Å². The Bertz CT molecular complexity index is 1070. The Labute approximate surface area is 157 Å². The Hall–Kier alpha value is -2.87. The average molecular weight is 384 g/mol. The van der Waals surface area contributed by atoms with Crippen LogP contribution in [0.25, 0.3) is 10.9 Å². The number of anilines is 1. The molecule has 0 saturated carbocycles. The highest BCUT2D eigenvalue weighted by Gasteiger charge is 2.21. The monoisotopic (exact) mass is 384 g/mol. The van der Waals surface area contributed by atoms with Gasteiger partial charge in [-0.1, -0.05) is 18.2 Å². The molecular weight excluding hydrogens is 364 g/mol. The van der Waals surface area contributed by atoms with Gasteiger partial charge in [0.1, 0.15) is 0 Å². The number of piperidine rings is 1. The number of amides is 1. The summed E-state index contributed by atoms with van der Waals surface area (Å²) in [6.45, 7) is 1.52. The van der Waals surface area contributed by atoms with Crippen molar-refractivity contribution in [3.8, 4) is 0 Å². The van der Waals surface area contributed by atoms with E-state index in [1.807, 2.05) is 4.90 Å². The maximum Gasteiger partial charge on any atom is 0.263 e. The zero-order valence-corrected chi connectivity index (χ0v) is 15.5. The Kier molecular flexibility index (Phi) is 4.57. The standard InChI is InChI=1S/C19H20N4O3S/c24-19(23-11-5-2-6-12-23)14-9-10-17-16(13-14)18(21-20-17)22-27(25,26)15-7-3-1-4-8-15/h1,3-4,7-10,13H,2,5-6,11-12H2,(H2,20,21,22). The molecule has 1 fully saturated rings. The zero-order chi connectivity index (χ0) is 18.9. The summed E-state index contributed by atoms with van der Waals surface area (Å²) in [6.07, 6.45) is 3.18. The molecule has 0 atom stereocenters. The summed E-state index contributed by atoms with van der Waals surface area (Å²) in [7, 11) is -3.76. The van der Waals surface area contributed by atoms with Crippen molar-refractivity contribution in [2.45, 2.75) is 24.2 Å². The summed E-state index contributed by atoms with van der Waals surface area (Å²) in [6, 6.07) is 13.3. The molecule has 1 saturated heterocycles. The maximum absolute atomic E-state index is 12.7. The number of hydrogen-bond donors (Lipinski definition) is 2. The highest BCUT2D eigenvalue weighted by molar-refractivity contribution is 7.92. The summed E-state index contributed by atoms with van der Waals surface area (Å²) in [4.78, 5) is 14.7. The highest BCUT2D eigenvalue weighted by Crippen LogP contribution is 2.25. The molecule has 2 N–H and O–H groups in total. The lowest BCUT2D eigenvalue weighted by atomic mass is 10.1. The molecule has 8 heteroatoms. The van der Waals surface area contributed by atoms with Crippen LogP contribution in [0.1, 0.15) is 29.6 Å². The van der Waals surface area contributed by atoms with Crippen molar-refractivity contribution in [2.75, 3.05) is 17.8 Å². The second-order valence-corrected chi connectivity index (χ2v) is 8.29. The lowest BCUT2D eigenvalue weighted by molar-refractivity contribution is 0.0724. The van der Waals surface area contributed by atoms with Gasteiger partial charge in [-0.15, -0.1) is 0 Å². The first kappa shape index (κ1) is 17.5. The van der Waals surface area contributed by atoms with Gasteiger partial charge in [-0.3, -0.25) is 14.6 Å². The second-order valence-electron chi connectivity index (χ2n) is 6.60. The van der Waals surface area contributed by atoms with Gasteiger partial charge < -0.3 is 4.90 Å². The first-order valence-electron chi connectivity index (χ1n) is 8.90. The van der Waals surface area contributed by atoms with Crippen LogP contribution in [0.2, 0.25) is 0 Å². The number of nitrogens with one attached hydrogen (secondary N) is 2. The van der Waals surface area contributed by atoms with Crippen molar-refractivity contribution in [1.82, 2.24) is 15.1 Å². The minimum absolute atomic E-state index is 0.0327. The first-order chi connectivity index (χ1) is 13.0. The van der Waals surface area contributed by atoms with Crippen LogP contribution in [-0.2, 0) is 10.0 Å². The van der Waals surface area contributed by atoms with E-state index >= 15 is 0 Å². The van der Waals surface area contributed by atoms with E-state index in [-0.39, 0.29) is 16.6 Å². The molecule has 1 amide bonds. The van der Waals surface area contributed by atoms with Gasteiger partial charge in [0, 0.05) is 24.0 Å². The minimum atomic E-state index is -3.76. The molecule has 2 heterocycles. The zero-order valence-electron chi connectivity index (χ0n) is 14.7. The van der Waals surface area contributed by atoms with Gasteiger partial charge in [0.25, 0.3) is 15.9 Å². The van der Waals surface area contributed by atoms with Gasteiger partial charge in [0.2, 0.25) is 0 Å². The fourth-order valence-corrected chi connectivity index (χ4v) is 4.33. The number of benzene rings is 2. The number of likely N-dealkylation sites (tertiary alicyclic amines) is 1. The van der Waals surface area contributed by atoms with E-state index in [4.69, 9.17) is 0 Å². The van der Waals surface area contributed by atoms with Crippen LogP contribution in [0, 0.1) is 0 Å². The number of sulfonamides is 1. The van der Waals surface area contributed by atoms with E-state index in [1.54, 1.807) is 36.4 Å². The molecular formula is C19H20N4O3S. The van der Waals surface area contributed by atoms with Crippen molar-refractivity contribution >= 4 is 32.7 Å². The molecule has 2 aromatic carbocycles. The number of H-pyrrole nitrogens is 1. The quantitative estimate of drug-likeness (QED) is 0.723. The number of aromatic amines is 1. The lowest BCUT2D eigenvalue weighted by Crippen LogP contribution is -2.35. The summed E-state index contributed by atoms with van der Waals surface area (Å²) < 4.78 is 27.6. The van der Waals surface area contributed by atoms with Gasteiger partial charge in [-0.05, 0) is 49.6 Å². The molecule has 1 aliphatic rings. The van der Waals surface area contributed by atoms with E-state index in [0.29, 0.717) is 16.5 Å². The van der Waals surface area contributed by atoms with Crippen LogP contribution in [0.3, 0.4) is 0 Å². The number of carbonyl (C=O) groups excluding carboxylic acids is 1. The average Bonchev–Trinajstić information content (AvgIpc) is 3.10. The van der Waals surface area contributed by atoms with Gasteiger partial charge in [0.05, 0.1) is 10.4 Å². The SMILES string of the molecule is O=C(c1ccc2[nH]nc(NS(=O)(=O)c3ccccc3)c2c1)N1CCCCC1. The van der Waals surface area contributed by atoms with E-state index in [2.05, 4.69) is 14.9 Å². The van der Waals surface area contributed by atoms with Crippen LogP contribution in [0.4, 0.5) is 5.82 Å². The molecule has 3 aromatic rings. The fourth-order valence-electron chi connectivity index (χ4n) is 3.29. The molecule has 1 aliphatic heterocycles. The van der Waals surface area contributed by atoms with Crippen LogP contribution >= 0.6 is 0 Å². The van der Waals surface area contributed by atoms with Gasteiger partial charge >= 0.3 is 0 Å². The number of fused-ring (bicyclic) bond motifs is 1. The van der Waals surface area contributed by atoms with Crippen LogP contribution < -0.4 is 4.72 Å². The predicted molar refractivity (Wildman–Crippen MR) is 103 cm³/mol. The number of carbonyl (C=O) groups is 1. The summed E-state index contributed by atoms with van der Waals surface area (Å²) in [5, 5.41) is 7.45. The van der Waals surface area contributed by atoms with Crippen molar-refractivity contribution < 1.29 is 13.2 Å². The summed E-state index contributed by atoms with van der Waals surface area (Å²) >= 11 is 0. The third kappa shape index (κ3) is 3.52. The Morgan fingerprint density at radius 1 is 1.04 bits per heavy atom. The largest absolute Gasteiger partial charge is 0.339 e. The minimum Gasteiger partial charge on any atom is -0.339 e. The Morgan fingerprint density at radius 3 is 2.52 bits per heavy atom. The van der Waals surface area contributed by atoms with Gasteiger partial charge in [0.15, 0.2) is 5.82 Å². The maximum atomic E-state index is 12.7. The fraction of sp³-hybridized carbons (Fsp3) is 0.263. The summed E-state index contributed by atoms with van der Waals surface area (Å²) in [5.41, 5.74) is 1.20. The lowest BCUT2D eigenvalue weighted by Gasteiger charge is -2.26. The van der Waals surface area contributed by atoms with Crippen molar-refractivity contribution in [3.63, 3.8) is 0 Å². The molecule has 27 heavy (non-hydrogen) atoms. The molecule has 0 spiro atoms. The summed E-state index contributed by atoms with van der Waals surface area (Å²) in [5.74, 6) is 0.150. The van der Waals surface area contributed by atoms with E-state index in [0.717, 1.165) is 32.4 Å². The van der Waals surface area contributed by atoms with E-state index < -0.39 is 10.0 Å².